The van der Waals surface area contributed by atoms with Crippen LogP contribution < -0.4 is 10.5 Å². The molecule has 13 heavy (non-hydrogen) atoms. The van der Waals surface area contributed by atoms with Gasteiger partial charge in [0.15, 0.2) is 0 Å². The van der Waals surface area contributed by atoms with Gasteiger partial charge in [0.05, 0.1) is 11.6 Å². The number of aryl methyl sites for hydroxylation is 1. The Balaban J connectivity index is 2.41. The fourth-order valence-electron chi connectivity index (χ4n) is 0.975. The Kier molecular flexibility index (Phi) is 3.71. The van der Waals surface area contributed by atoms with Gasteiger partial charge in [0.1, 0.15) is 5.75 Å². The van der Waals surface area contributed by atoms with E-state index in [2.05, 4.69) is 0 Å². The quantitative estimate of drug-likeness (QED) is 0.747. The van der Waals surface area contributed by atoms with Gasteiger partial charge in [-0.1, -0.05) is 24.4 Å². The molecule has 0 bridgehead atoms. The number of nitrogens with two attached hydrogens (primary N) is 1. The first-order valence-electron chi connectivity index (χ1n) is 4.16. The molecule has 0 aliphatic heterocycles. The van der Waals surface area contributed by atoms with Gasteiger partial charge in [-0.2, -0.15) is 0 Å². The molecule has 0 saturated carbocycles. The second-order valence-corrected chi connectivity index (χ2v) is 3.41. The second-order valence-electron chi connectivity index (χ2n) is 2.88. The van der Waals surface area contributed by atoms with Crippen LogP contribution in [0.25, 0.3) is 0 Å². The summed E-state index contributed by atoms with van der Waals surface area (Å²) in [7, 11) is 0. The average Bonchev–Trinajstić information content (AvgIpc) is 2.03. The van der Waals surface area contributed by atoms with Crippen LogP contribution in [-0.2, 0) is 0 Å². The highest BCUT2D eigenvalue weighted by Gasteiger charge is 1.94. The van der Waals surface area contributed by atoms with Gasteiger partial charge in [-0.25, -0.2) is 0 Å². The minimum atomic E-state index is 0.493. The van der Waals surface area contributed by atoms with Crippen molar-refractivity contribution in [1.29, 1.82) is 0 Å². The zero-order valence-electron chi connectivity index (χ0n) is 7.62. The highest BCUT2D eigenvalue weighted by molar-refractivity contribution is 7.80. The van der Waals surface area contributed by atoms with E-state index in [9.17, 15) is 0 Å². The zero-order chi connectivity index (χ0) is 9.68. The molecule has 0 radical (unpaired) electrons. The van der Waals surface area contributed by atoms with E-state index in [1.807, 2.05) is 31.2 Å². The predicted molar refractivity (Wildman–Crippen MR) is 58.1 cm³/mol. The molecule has 0 aliphatic rings. The highest BCUT2D eigenvalue weighted by atomic mass is 32.1. The highest BCUT2D eigenvalue weighted by Crippen LogP contribution is 2.12. The molecule has 0 amide bonds. The third-order valence-electron chi connectivity index (χ3n) is 1.61. The Labute approximate surface area is 83.7 Å². The average molecular weight is 195 g/mol. The number of ether oxygens (including phenoxy) is 1. The molecule has 0 unspecified atom stereocenters. The lowest BCUT2D eigenvalue weighted by Gasteiger charge is -2.05. The molecule has 0 fully saturated rings. The lowest BCUT2D eigenvalue weighted by Crippen LogP contribution is -2.12. The maximum atomic E-state index is 5.43. The summed E-state index contributed by atoms with van der Waals surface area (Å²) in [4.78, 5) is 0.493. The van der Waals surface area contributed by atoms with Gasteiger partial charge in [-0.3, -0.25) is 0 Å². The van der Waals surface area contributed by atoms with Crippen LogP contribution in [0, 0.1) is 6.92 Å². The summed E-state index contributed by atoms with van der Waals surface area (Å²) in [5, 5.41) is 0. The maximum absolute atomic E-state index is 5.43. The van der Waals surface area contributed by atoms with Gasteiger partial charge < -0.3 is 10.5 Å². The van der Waals surface area contributed by atoms with Crippen molar-refractivity contribution in [3.63, 3.8) is 0 Å². The van der Waals surface area contributed by atoms with E-state index < -0.39 is 0 Å². The van der Waals surface area contributed by atoms with E-state index in [0.29, 0.717) is 18.0 Å². The third-order valence-corrected chi connectivity index (χ3v) is 1.81. The molecule has 0 atom stereocenters. The molecule has 0 aliphatic carbocycles. The van der Waals surface area contributed by atoms with Gasteiger partial charge in [0.25, 0.3) is 0 Å². The molecular weight excluding hydrogens is 182 g/mol. The molecule has 1 aromatic rings. The fraction of sp³-hybridized carbons (Fsp3) is 0.300. The summed E-state index contributed by atoms with van der Waals surface area (Å²) >= 11 is 4.73. The Bertz CT molecular complexity index is 299. The largest absolute Gasteiger partial charge is 0.493 e. The molecular formula is C10H13NOS. The van der Waals surface area contributed by atoms with Crippen molar-refractivity contribution in [3.8, 4) is 5.75 Å². The Hall–Kier alpha value is -1.09. The zero-order valence-corrected chi connectivity index (χ0v) is 8.43. The Morgan fingerprint density at radius 2 is 2.31 bits per heavy atom. The standard InChI is InChI=1S/C10H13NOS/c1-8-3-2-4-9(7-8)12-6-5-10(11)13/h2-4,7H,5-6H2,1H3,(H2,11,13). The number of thiocarbonyl (C=S) groups is 1. The van der Waals surface area contributed by atoms with E-state index in [0.717, 1.165) is 5.75 Å². The van der Waals surface area contributed by atoms with Crippen LogP contribution in [0.4, 0.5) is 0 Å². The summed E-state index contributed by atoms with van der Waals surface area (Å²) in [6.45, 7) is 2.58. The molecule has 0 aromatic heterocycles. The lowest BCUT2D eigenvalue weighted by molar-refractivity contribution is 0.329. The lowest BCUT2D eigenvalue weighted by atomic mass is 10.2. The molecule has 1 rings (SSSR count). The second kappa shape index (κ2) is 4.82. The van der Waals surface area contributed by atoms with E-state index in [1.54, 1.807) is 0 Å². The van der Waals surface area contributed by atoms with E-state index in [1.165, 1.54) is 5.56 Å². The first-order chi connectivity index (χ1) is 6.18. The number of hydrogen-bond acceptors (Lipinski definition) is 2. The Morgan fingerprint density at radius 3 is 2.92 bits per heavy atom. The molecule has 2 N–H and O–H groups in total. The summed E-state index contributed by atoms with van der Waals surface area (Å²) in [6, 6.07) is 7.90. The van der Waals surface area contributed by atoms with Gasteiger partial charge in [-0.05, 0) is 24.6 Å². The Morgan fingerprint density at radius 1 is 1.54 bits per heavy atom. The molecule has 1 aromatic carbocycles. The molecule has 0 saturated heterocycles. The normalized spacial score (nSPS) is 9.62. The molecule has 70 valence electrons. The molecule has 2 nitrogen and oxygen atoms in total. The number of benzene rings is 1. The SMILES string of the molecule is Cc1cccc(OCCC(N)=S)c1. The summed E-state index contributed by atoms with van der Waals surface area (Å²) in [5.41, 5.74) is 6.53. The topological polar surface area (TPSA) is 35.2 Å². The summed E-state index contributed by atoms with van der Waals surface area (Å²) in [5.74, 6) is 0.872. The van der Waals surface area contributed by atoms with Gasteiger partial charge in [0.2, 0.25) is 0 Å². The monoisotopic (exact) mass is 195 g/mol. The first kappa shape index (κ1) is 9.99. The van der Waals surface area contributed by atoms with Crippen molar-refractivity contribution in [2.24, 2.45) is 5.73 Å². The minimum absolute atomic E-state index is 0.493. The van der Waals surface area contributed by atoms with Gasteiger partial charge in [-0.15, -0.1) is 0 Å². The first-order valence-corrected chi connectivity index (χ1v) is 4.57. The minimum Gasteiger partial charge on any atom is -0.493 e. The fourth-order valence-corrected chi connectivity index (χ4v) is 1.06. The van der Waals surface area contributed by atoms with E-state index >= 15 is 0 Å². The van der Waals surface area contributed by atoms with Crippen LogP contribution in [0.3, 0.4) is 0 Å². The smallest absolute Gasteiger partial charge is 0.119 e. The summed E-state index contributed by atoms with van der Waals surface area (Å²) < 4.78 is 5.43. The maximum Gasteiger partial charge on any atom is 0.119 e. The van der Waals surface area contributed by atoms with E-state index in [-0.39, 0.29) is 0 Å². The van der Waals surface area contributed by atoms with Crippen molar-refractivity contribution in [1.82, 2.24) is 0 Å². The van der Waals surface area contributed by atoms with Crippen LogP contribution in [-0.4, -0.2) is 11.6 Å². The van der Waals surface area contributed by atoms with Crippen LogP contribution in [0.15, 0.2) is 24.3 Å². The predicted octanol–water partition coefficient (Wildman–Crippen LogP) is 2.05. The van der Waals surface area contributed by atoms with E-state index in [4.69, 9.17) is 22.7 Å². The van der Waals surface area contributed by atoms with Crippen molar-refractivity contribution in [2.45, 2.75) is 13.3 Å². The number of hydrogen-bond donors (Lipinski definition) is 1. The van der Waals surface area contributed by atoms with Crippen LogP contribution in [0.2, 0.25) is 0 Å². The molecule has 3 heteroatoms. The van der Waals surface area contributed by atoms with Crippen LogP contribution in [0.5, 0.6) is 5.75 Å². The van der Waals surface area contributed by atoms with Crippen molar-refractivity contribution < 1.29 is 4.74 Å². The van der Waals surface area contributed by atoms with Crippen LogP contribution in [0.1, 0.15) is 12.0 Å². The summed E-state index contributed by atoms with van der Waals surface area (Å²) in [6.07, 6.45) is 0.628. The number of rotatable bonds is 4. The van der Waals surface area contributed by atoms with Crippen molar-refractivity contribution >= 4 is 17.2 Å². The van der Waals surface area contributed by atoms with Crippen molar-refractivity contribution in [3.05, 3.63) is 29.8 Å². The van der Waals surface area contributed by atoms with Crippen molar-refractivity contribution in [2.75, 3.05) is 6.61 Å². The molecule has 0 spiro atoms. The van der Waals surface area contributed by atoms with Gasteiger partial charge >= 0.3 is 0 Å². The van der Waals surface area contributed by atoms with Gasteiger partial charge in [0, 0.05) is 6.42 Å². The third kappa shape index (κ3) is 3.90. The van der Waals surface area contributed by atoms with Crippen LogP contribution >= 0.6 is 12.2 Å². The molecule has 0 heterocycles.